The minimum Gasteiger partial charge on any atom is -0.318 e. The minimum absolute atomic E-state index is 0.173. The number of aryl methyl sites for hydroxylation is 3. The van der Waals surface area contributed by atoms with Gasteiger partial charge in [-0.2, -0.15) is 10.2 Å². The van der Waals surface area contributed by atoms with Crippen molar-refractivity contribution in [3.8, 4) is 11.1 Å². The van der Waals surface area contributed by atoms with Gasteiger partial charge in [0.15, 0.2) is 5.82 Å². The summed E-state index contributed by atoms with van der Waals surface area (Å²) in [6, 6.07) is 8.78. The number of nitrogens with one attached hydrogen (secondary N) is 1. The largest absolute Gasteiger partial charge is 0.318 e. The molecule has 0 atom stereocenters. The second-order valence-corrected chi connectivity index (χ2v) is 6.39. The Bertz CT molecular complexity index is 1230. The molecule has 8 nitrogen and oxygen atoms in total. The Balaban J connectivity index is 1.76. The predicted molar refractivity (Wildman–Crippen MR) is 103 cm³/mol. The molecule has 3 aromatic heterocycles. The van der Waals surface area contributed by atoms with E-state index in [1.54, 1.807) is 29.7 Å². The summed E-state index contributed by atoms with van der Waals surface area (Å²) in [4.78, 5) is 24.2. The molecule has 0 aliphatic heterocycles. The number of hydrogen-bond acceptors (Lipinski definition) is 4. The lowest BCUT2D eigenvalue weighted by molar-refractivity contribution is 0.102. The quantitative estimate of drug-likeness (QED) is 0.603. The van der Waals surface area contributed by atoms with E-state index < -0.39 is 0 Å². The van der Waals surface area contributed by atoms with Gasteiger partial charge in [-0.25, -0.2) is 0 Å². The molecule has 1 amide bonds. The number of benzene rings is 1. The second-order valence-electron chi connectivity index (χ2n) is 6.39. The number of carbonyl (C=O) groups is 1. The Labute approximate surface area is 154 Å². The van der Waals surface area contributed by atoms with Gasteiger partial charge in [-0.1, -0.05) is 12.1 Å². The van der Waals surface area contributed by atoms with Crippen LogP contribution in [0.1, 0.15) is 10.4 Å². The third-order valence-corrected chi connectivity index (χ3v) is 4.49. The van der Waals surface area contributed by atoms with Crippen molar-refractivity contribution in [2.75, 3.05) is 5.32 Å². The first-order chi connectivity index (χ1) is 12.9. The van der Waals surface area contributed by atoms with Gasteiger partial charge in [-0.15, -0.1) is 0 Å². The lowest BCUT2D eigenvalue weighted by Crippen LogP contribution is -2.20. The van der Waals surface area contributed by atoms with Crippen molar-refractivity contribution in [2.24, 2.45) is 21.1 Å². The molecule has 1 N–H and O–H groups in total. The Morgan fingerprint density at radius 2 is 1.85 bits per heavy atom. The molecular formula is C19H18N6O2. The van der Waals surface area contributed by atoms with E-state index in [0.717, 1.165) is 22.0 Å². The number of carbonyl (C=O) groups excluding carboxylic acids is 1. The number of nitrogens with zero attached hydrogens (tertiary/aromatic N) is 5. The second kappa shape index (κ2) is 6.24. The van der Waals surface area contributed by atoms with E-state index in [0.29, 0.717) is 11.4 Å². The number of amides is 1. The number of pyridine rings is 1. The molecule has 0 fully saturated rings. The topological polar surface area (TPSA) is 86.7 Å². The maximum atomic E-state index is 12.6. The average molecular weight is 362 g/mol. The third kappa shape index (κ3) is 2.91. The van der Waals surface area contributed by atoms with Crippen LogP contribution in [0.4, 0.5) is 5.82 Å². The van der Waals surface area contributed by atoms with Crippen LogP contribution in [0.15, 0.2) is 53.7 Å². The summed E-state index contributed by atoms with van der Waals surface area (Å²) in [6.45, 7) is 0. The van der Waals surface area contributed by atoms with Gasteiger partial charge in [0.05, 0.1) is 17.3 Å². The molecule has 0 radical (unpaired) electrons. The first-order valence-electron chi connectivity index (χ1n) is 8.37. The summed E-state index contributed by atoms with van der Waals surface area (Å²) >= 11 is 0. The molecule has 1 aromatic carbocycles. The van der Waals surface area contributed by atoms with Crippen molar-refractivity contribution < 1.29 is 4.79 Å². The minimum atomic E-state index is -0.330. The third-order valence-electron chi connectivity index (χ3n) is 4.49. The molecule has 8 heteroatoms. The molecule has 4 rings (SSSR count). The van der Waals surface area contributed by atoms with Gasteiger partial charge in [-0.3, -0.25) is 19.0 Å². The zero-order valence-corrected chi connectivity index (χ0v) is 15.2. The van der Waals surface area contributed by atoms with Crippen molar-refractivity contribution in [1.29, 1.82) is 0 Å². The zero-order chi connectivity index (χ0) is 19.1. The van der Waals surface area contributed by atoms with E-state index in [4.69, 9.17) is 0 Å². The number of fused-ring (bicyclic) bond motifs is 1. The van der Waals surface area contributed by atoms with Crippen molar-refractivity contribution in [2.45, 2.75) is 0 Å². The smallest absolute Gasteiger partial charge is 0.258 e. The summed E-state index contributed by atoms with van der Waals surface area (Å²) in [5, 5.41) is 12.5. The molecule has 0 bridgehead atoms. The molecule has 0 spiro atoms. The van der Waals surface area contributed by atoms with Crippen LogP contribution in [-0.4, -0.2) is 30.0 Å². The van der Waals surface area contributed by atoms with Crippen LogP contribution in [0.25, 0.3) is 22.0 Å². The summed E-state index contributed by atoms with van der Waals surface area (Å²) < 4.78 is 4.82. The first kappa shape index (κ1) is 16.8. The average Bonchev–Trinajstić information content (AvgIpc) is 3.20. The fourth-order valence-corrected chi connectivity index (χ4v) is 3.10. The maximum Gasteiger partial charge on any atom is 0.258 e. The molecule has 3 heterocycles. The molecule has 0 aliphatic carbocycles. The van der Waals surface area contributed by atoms with Gasteiger partial charge in [-0.05, 0) is 17.7 Å². The zero-order valence-electron chi connectivity index (χ0n) is 15.2. The molecule has 27 heavy (non-hydrogen) atoms. The van der Waals surface area contributed by atoms with Crippen LogP contribution >= 0.6 is 0 Å². The summed E-state index contributed by atoms with van der Waals surface area (Å²) in [5.41, 5.74) is 2.94. The molecule has 0 saturated carbocycles. The highest BCUT2D eigenvalue weighted by Gasteiger charge is 2.17. The Morgan fingerprint density at radius 3 is 2.63 bits per heavy atom. The van der Waals surface area contributed by atoms with E-state index in [2.05, 4.69) is 15.5 Å². The van der Waals surface area contributed by atoms with Crippen molar-refractivity contribution in [3.05, 3.63) is 64.8 Å². The predicted octanol–water partition coefficient (Wildman–Crippen LogP) is 1.92. The van der Waals surface area contributed by atoms with E-state index in [-0.39, 0.29) is 11.5 Å². The van der Waals surface area contributed by atoms with Gasteiger partial charge in [0, 0.05) is 50.6 Å². The van der Waals surface area contributed by atoms with E-state index in [1.165, 1.54) is 22.9 Å². The molecule has 0 saturated heterocycles. The summed E-state index contributed by atoms with van der Waals surface area (Å²) in [7, 11) is 5.29. The first-order valence-corrected chi connectivity index (χ1v) is 8.37. The number of hydrogen-bond donors (Lipinski definition) is 1. The van der Waals surface area contributed by atoms with Crippen LogP contribution in [-0.2, 0) is 21.1 Å². The maximum absolute atomic E-state index is 12.6. The van der Waals surface area contributed by atoms with E-state index in [1.807, 2.05) is 31.4 Å². The fraction of sp³-hybridized carbons (Fsp3) is 0.158. The Kier molecular flexibility index (Phi) is 3.88. The van der Waals surface area contributed by atoms with Gasteiger partial charge in [0.2, 0.25) is 5.56 Å². The molecule has 136 valence electrons. The SMILES string of the molecule is Cn1cc(-c2cccc3c2cnn3C)c(NC(=O)c2ccc(=O)n(C)c2)n1. The van der Waals surface area contributed by atoms with Crippen LogP contribution in [0.3, 0.4) is 0 Å². The number of aromatic nitrogens is 5. The van der Waals surface area contributed by atoms with Crippen LogP contribution in [0.2, 0.25) is 0 Å². The Hall–Kier alpha value is -3.68. The van der Waals surface area contributed by atoms with Gasteiger partial charge >= 0.3 is 0 Å². The van der Waals surface area contributed by atoms with Crippen molar-refractivity contribution in [3.63, 3.8) is 0 Å². The van der Waals surface area contributed by atoms with Crippen LogP contribution < -0.4 is 10.9 Å². The lowest BCUT2D eigenvalue weighted by Gasteiger charge is -2.07. The molecular weight excluding hydrogens is 344 g/mol. The fourth-order valence-electron chi connectivity index (χ4n) is 3.10. The normalized spacial score (nSPS) is 11.1. The summed E-state index contributed by atoms with van der Waals surface area (Å²) in [5.74, 6) is 0.122. The van der Waals surface area contributed by atoms with Crippen LogP contribution in [0, 0.1) is 0 Å². The standard InChI is InChI=1S/C19H18N6O2/c1-23-10-12(7-8-17(23)26)19(27)21-18-15(11-24(2)22-18)13-5-4-6-16-14(13)9-20-25(16)3/h4-11H,1-3H3,(H,21,22,27). The molecule has 4 aromatic rings. The Morgan fingerprint density at radius 1 is 1.04 bits per heavy atom. The molecule has 0 unspecified atom stereocenters. The highest BCUT2D eigenvalue weighted by molar-refractivity contribution is 6.07. The van der Waals surface area contributed by atoms with Gasteiger partial charge in [0.1, 0.15) is 0 Å². The van der Waals surface area contributed by atoms with E-state index in [9.17, 15) is 9.59 Å². The lowest BCUT2D eigenvalue weighted by atomic mass is 10.0. The summed E-state index contributed by atoms with van der Waals surface area (Å²) in [6.07, 6.45) is 5.16. The van der Waals surface area contributed by atoms with Crippen molar-refractivity contribution >= 4 is 22.6 Å². The van der Waals surface area contributed by atoms with Gasteiger partial charge < -0.3 is 9.88 Å². The monoisotopic (exact) mass is 362 g/mol. The van der Waals surface area contributed by atoms with Crippen LogP contribution in [0.5, 0.6) is 0 Å². The van der Waals surface area contributed by atoms with Gasteiger partial charge in [0.25, 0.3) is 5.91 Å². The number of rotatable bonds is 3. The number of anilines is 1. The van der Waals surface area contributed by atoms with Crippen molar-refractivity contribution in [1.82, 2.24) is 24.1 Å². The highest BCUT2D eigenvalue weighted by Crippen LogP contribution is 2.33. The highest BCUT2D eigenvalue weighted by atomic mass is 16.2. The van der Waals surface area contributed by atoms with E-state index >= 15 is 0 Å². The molecule has 0 aliphatic rings.